The molecular formula is C11H21N3. The molecule has 3 nitrogen and oxygen atoms in total. The molecule has 0 saturated carbocycles. The van der Waals surface area contributed by atoms with E-state index in [4.69, 9.17) is 5.26 Å². The lowest BCUT2D eigenvalue weighted by atomic mass is 10.1. The first-order valence-electron chi connectivity index (χ1n) is 4.80. The summed E-state index contributed by atoms with van der Waals surface area (Å²) in [6.45, 7) is 12.2. The molecule has 0 amide bonds. The molecule has 0 radical (unpaired) electrons. The molecule has 0 rings (SSSR count). The fourth-order valence-corrected chi connectivity index (χ4v) is 0.789. The van der Waals surface area contributed by atoms with Crippen molar-refractivity contribution in [3.8, 4) is 6.07 Å². The molecule has 14 heavy (non-hydrogen) atoms. The summed E-state index contributed by atoms with van der Waals surface area (Å²) in [4.78, 5) is 0. The van der Waals surface area contributed by atoms with Gasteiger partial charge in [0, 0.05) is 17.3 Å². The second-order valence-electron chi connectivity index (χ2n) is 5.44. The van der Waals surface area contributed by atoms with E-state index in [1.165, 1.54) is 0 Å². The molecule has 80 valence electrons. The number of allylic oxidation sites excluding steroid dienone is 1. The second kappa shape index (κ2) is 4.36. The van der Waals surface area contributed by atoms with Crippen LogP contribution in [0.3, 0.4) is 0 Å². The lowest BCUT2D eigenvalue weighted by Gasteiger charge is -2.23. The van der Waals surface area contributed by atoms with Gasteiger partial charge in [-0.15, -0.1) is 0 Å². The maximum Gasteiger partial charge on any atom is 0.129 e. The molecule has 0 unspecified atom stereocenters. The molecule has 0 aromatic carbocycles. The van der Waals surface area contributed by atoms with Crippen molar-refractivity contribution >= 4 is 0 Å². The van der Waals surface area contributed by atoms with Crippen molar-refractivity contribution in [3.63, 3.8) is 0 Å². The maximum absolute atomic E-state index is 8.87. The lowest BCUT2D eigenvalue weighted by Crippen LogP contribution is -2.37. The molecular weight excluding hydrogens is 174 g/mol. The van der Waals surface area contributed by atoms with Crippen LogP contribution >= 0.6 is 0 Å². The fraction of sp³-hybridized carbons (Fsp3) is 0.727. The third-order valence-electron chi connectivity index (χ3n) is 1.28. The molecule has 0 heterocycles. The Kier molecular flexibility index (Phi) is 4.00. The van der Waals surface area contributed by atoms with Crippen LogP contribution < -0.4 is 10.6 Å². The van der Waals surface area contributed by atoms with E-state index < -0.39 is 0 Å². The average Bonchev–Trinajstić information content (AvgIpc) is 1.94. The van der Waals surface area contributed by atoms with E-state index in [0.717, 1.165) is 0 Å². The van der Waals surface area contributed by atoms with Gasteiger partial charge in [0.1, 0.15) is 11.8 Å². The van der Waals surface area contributed by atoms with Crippen molar-refractivity contribution < 1.29 is 0 Å². The second-order valence-corrected chi connectivity index (χ2v) is 5.44. The van der Waals surface area contributed by atoms with Crippen molar-refractivity contribution in [1.29, 1.82) is 5.26 Å². The van der Waals surface area contributed by atoms with Crippen LogP contribution in [0.15, 0.2) is 11.9 Å². The third-order valence-corrected chi connectivity index (χ3v) is 1.28. The van der Waals surface area contributed by atoms with Crippen molar-refractivity contribution in [2.45, 2.75) is 52.6 Å². The summed E-state index contributed by atoms with van der Waals surface area (Å²) >= 11 is 0. The normalized spacial score (nSPS) is 13.4. The molecule has 0 atom stereocenters. The Morgan fingerprint density at radius 1 is 1.07 bits per heavy atom. The van der Waals surface area contributed by atoms with E-state index in [0.29, 0.717) is 5.70 Å². The van der Waals surface area contributed by atoms with Crippen LogP contribution in [-0.2, 0) is 0 Å². The highest BCUT2D eigenvalue weighted by atomic mass is 15.0. The average molecular weight is 195 g/mol. The Morgan fingerprint density at radius 3 is 1.86 bits per heavy atom. The number of rotatable bonds is 2. The van der Waals surface area contributed by atoms with Gasteiger partial charge in [0.2, 0.25) is 0 Å². The summed E-state index contributed by atoms with van der Waals surface area (Å²) in [5, 5.41) is 15.1. The Labute approximate surface area is 87.2 Å². The first kappa shape index (κ1) is 12.8. The largest absolute Gasteiger partial charge is 0.384 e. The molecule has 3 heteroatoms. The van der Waals surface area contributed by atoms with Crippen LogP contribution in [0.4, 0.5) is 0 Å². The highest BCUT2D eigenvalue weighted by Crippen LogP contribution is 2.04. The molecule has 0 aliphatic rings. The van der Waals surface area contributed by atoms with Crippen LogP contribution in [-0.4, -0.2) is 11.1 Å². The van der Waals surface area contributed by atoms with Gasteiger partial charge in [-0.3, -0.25) is 0 Å². The standard InChI is InChI=1S/C11H21N3/c1-10(2,3)13-8-9(7-12)14-11(4,5)6/h8,13-14H,1-6H3/b9-8-. The molecule has 0 aliphatic heterocycles. The molecule has 0 aromatic rings. The monoisotopic (exact) mass is 195 g/mol. The van der Waals surface area contributed by atoms with Crippen molar-refractivity contribution in [3.05, 3.63) is 11.9 Å². The van der Waals surface area contributed by atoms with Crippen LogP contribution in [0, 0.1) is 11.3 Å². The molecule has 0 aliphatic carbocycles. The topological polar surface area (TPSA) is 47.9 Å². The van der Waals surface area contributed by atoms with Crippen LogP contribution in [0.1, 0.15) is 41.5 Å². The number of hydrogen-bond acceptors (Lipinski definition) is 3. The predicted octanol–water partition coefficient (Wildman–Crippen LogP) is 2.13. The van der Waals surface area contributed by atoms with Crippen molar-refractivity contribution in [2.75, 3.05) is 0 Å². The van der Waals surface area contributed by atoms with E-state index in [2.05, 4.69) is 37.5 Å². The zero-order valence-electron chi connectivity index (χ0n) is 10.0. The van der Waals surface area contributed by atoms with Crippen LogP contribution in [0.25, 0.3) is 0 Å². The van der Waals surface area contributed by atoms with Gasteiger partial charge >= 0.3 is 0 Å². The SMILES string of the molecule is CC(C)(C)N/C=C(/C#N)NC(C)(C)C. The fourth-order valence-electron chi connectivity index (χ4n) is 0.789. The summed E-state index contributed by atoms with van der Waals surface area (Å²) in [6.07, 6.45) is 1.73. The van der Waals surface area contributed by atoms with Gasteiger partial charge in [0.15, 0.2) is 0 Å². The van der Waals surface area contributed by atoms with E-state index >= 15 is 0 Å². The van der Waals surface area contributed by atoms with Crippen molar-refractivity contribution in [1.82, 2.24) is 10.6 Å². The van der Waals surface area contributed by atoms with Crippen LogP contribution in [0.5, 0.6) is 0 Å². The quantitative estimate of drug-likeness (QED) is 0.664. The van der Waals surface area contributed by atoms with Crippen molar-refractivity contribution in [2.24, 2.45) is 0 Å². The highest BCUT2D eigenvalue weighted by Gasteiger charge is 2.12. The zero-order valence-corrected chi connectivity index (χ0v) is 10.0. The Morgan fingerprint density at radius 2 is 1.57 bits per heavy atom. The van der Waals surface area contributed by atoms with Crippen LogP contribution in [0.2, 0.25) is 0 Å². The summed E-state index contributed by atoms with van der Waals surface area (Å²) in [5.41, 5.74) is 0.468. The minimum Gasteiger partial charge on any atom is -0.384 e. The molecule has 0 spiro atoms. The van der Waals surface area contributed by atoms with E-state index in [9.17, 15) is 0 Å². The smallest absolute Gasteiger partial charge is 0.129 e. The van der Waals surface area contributed by atoms with Gasteiger partial charge in [-0.2, -0.15) is 5.26 Å². The molecule has 0 fully saturated rings. The van der Waals surface area contributed by atoms with Gasteiger partial charge < -0.3 is 10.6 Å². The number of nitrogens with zero attached hydrogens (tertiary/aromatic N) is 1. The molecule has 0 aromatic heterocycles. The van der Waals surface area contributed by atoms with E-state index in [1.54, 1.807) is 6.20 Å². The molecule has 2 N–H and O–H groups in total. The first-order chi connectivity index (χ1) is 6.14. The highest BCUT2D eigenvalue weighted by molar-refractivity contribution is 5.19. The summed E-state index contributed by atoms with van der Waals surface area (Å²) in [5.74, 6) is 0. The van der Waals surface area contributed by atoms with Gasteiger partial charge in [0.05, 0.1) is 0 Å². The molecule has 0 saturated heterocycles. The summed E-state index contributed by atoms with van der Waals surface area (Å²) < 4.78 is 0. The van der Waals surface area contributed by atoms with Gasteiger partial charge in [-0.25, -0.2) is 0 Å². The third kappa shape index (κ3) is 7.48. The number of nitrogens with one attached hydrogen (secondary N) is 2. The Bertz CT molecular complexity index is 245. The number of nitriles is 1. The Balaban J connectivity index is 4.38. The van der Waals surface area contributed by atoms with E-state index in [-0.39, 0.29) is 11.1 Å². The zero-order chi connectivity index (χ0) is 11.4. The first-order valence-corrected chi connectivity index (χ1v) is 4.80. The molecule has 0 bridgehead atoms. The Hall–Kier alpha value is -1.17. The van der Waals surface area contributed by atoms with E-state index in [1.807, 2.05) is 20.8 Å². The minimum atomic E-state index is -0.0822. The number of hydrogen-bond donors (Lipinski definition) is 2. The summed E-state index contributed by atoms with van der Waals surface area (Å²) in [7, 11) is 0. The van der Waals surface area contributed by atoms with Gasteiger partial charge in [0.25, 0.3) is 0 Å². The maximum atomic E-state index is 8.87. The minimum absolute atomic E-state index is 0.0122. The lowest BCUT2D eigenvalue weighted by molar-refractivity contribution is 0.463. The summed E-state index contributed by atoms with van der Waals surface area (Å²) in [6, 6.07) is 2.12. The van der Waals surface area contributed by atoms with Gasteiger partial charge in [-0.05, 0) is 41.5 Å². The predicted molar refractivity (Wildman–Crippen MR) is 59.5 cm³/mol. The van der Waals surface area contributed by atoms with Gasteiger partial charge in [-0.1, -0.05) is 0 Å².